The number of anilines is 1. The Morgan fingerprint density at radius 3 is 2.55 bits per heavy atom. The predicted octanol–water partition coefficient (Wildman–Crippen LogP) is 5.41. The molecule has 2 aromatic carbocycles. The normalized spacial score (nSPS) is 15.0. The van der Waals surface area contributed by atoms with Gasteiger partial charge < -0.3 is 9.64 Å². The molecule has 10 heteroatoms. The van der Waals surface area contributed by atoms with E-state index in [0.29, 0.717) is 49.9 Å². The van der Waals surface area contributed by atoms with Crippen LogP contribution in [-0.4, -0.2) is 83.6 Å². The van der Waals surface area contributed by atoms with Crippen LogP contribution in [0.5, 0.6) is 0 Å². The monoisotopic (exact) mass is 569 g/mol. The summed E-state index contributed by atoms with van der Waals surface area (Å²) in [5.74, 6) is -0.0235. The van der Waals surface area contributed by atoms with E-state index in [1.165, 1.54) is 6.07 Å². The van der Waals surface area contributed by atoms with Gasteiger partial charge in [0.15, 0.2) is 0 Å². The maximum Gasteiger partial charge on any atom is 0.412 e. The average Bonchev–Trinajstić information content (AvgIpc) is 2.95. The summed E-state index contributed by atoms with van der Waals surface area (Å²) in [7, 11) is 1.85. The van der Waals surface area contributed by atoms with E-state index < -0.39 is 11.9 Å². The molecule has 4 rings (SSSR count). The first-order valence-electron chi connectivity index (χ1n) is 13.6. The molecule has 1 aliphatic rings. The number of carbonyl (C=O) groups excluding carboxylic acids is 2. The van der Waals surface area contributed by atoms with Gasteiger partial charge in [-0.15, -0.1) is 0 Å². The first kappa shape index (κ1) is 29.7. The van der Waals surface area contributed by atoms with Gasteiger partial charge in [-0.2, -0.15) is 0 Å². The maximum absolute atomic E-state index is 14.0. The molecule has 214 valence electrons. The number of aromatic nitrogens is 1. The Balaban J connectivity index is 1.38. The van der Waals surface area contributed by atoms with E-state index in [9.17, 15) is 14.0 Å². The van der Waals surface area contributed by atoms with Crippen LogP contribution in [0, 0.1) is 5.82 Å². The Labute approximate surface area is 240 Å². The van der Waals surface area contributed by atoms with Crippen molar-refractivity contribution in [3.63, 3.8) is 0 Å². The molecule has 2 heterocycles. The van der Waals surface area contributed by atoms with E-state index in [2.05, 4.69) is 29.0 Å². The van der Waals surface area contributed by atoms with Gasteiger partial charge in [-0.1, -0.05) is 48.0 Å². The highest BCUT2D eigenvalue weighted by atomic mass is 35.5. The van der Waals surface area contributed by atoms with Crippen LogP contribution in [0.15, 0.2) is 54.7 Å². The molecule has 1 aromatic heterocycles. The van der Waals surface area contributed by atoms with E-state index >= 15 is 0 Å². The molecule has 1 aliphatic heterocycles. The Morgan fingerprint density at radius 1 is 1.10 bits per heavy atom. The summed E-state index contributed by atoms with van der Waals surface area (Å²) >= 11 is 6.20. The highest BCUT2D eigenvalue weighted by molar-refractivity contribution is 6.31. The number of halogens is 2. The van der Waals surface area contributed by atoms with Gasteiger partial charge in [-0.05, 0) is 50.4 Å². The zero-order valence-electron chi connectivity index (χ0n) is 23.3. The summed E-state index contributed by atoms with van der Waals surface area (Å²) in [4.78, 5) is 36.2. The fourth-order valence-corrected chi connectivity index (χ4v) is 5.09. The van der Waals surface area contributed by atoms with Crippen LogP contribution in [0.1, 0.15) is 32.3 Å². The minimum atomic E-state index is -0.638. The topological polar surface area (TPSA) is 78.0 Å². The molecule has 0 spiro atoms. The fraction of sp³-hybridized carbons (Fsp3) is 0.433. The molecule has 1 N–H and O–H groups in total. The van der Waals surface area contributed by atoms with E-state index in [1.807, 2.05) is 41.1 Å². The van der Waals surface area contributed by atoms with E-state index in [4.69, 9.17) is 16.3 Å². The quantitative estimate of drug-likeness (QED) is 0.352. The Bertz CT molecular complexity index is 1320. The van der Waals surface area contributed by atoms with Gasteiger partial charge in [-0.25, -0.2) is 14.2 Å². The van der Waals surface area contributed by atoms with Crippen LogP contribution in [0.3, 0.4) is 0 Å². The zero-order valence-corrected chi connectivity index (χ0v) is 24.0. The molecule has 0 saturated carbocycles. The maximum atomic E-state index is 14.0. The summed E-state index contributed by atoms with van der Waals surface area (Å²) in [6, 6.07) is 14.4. The van der Waals surface area contributed by atoms with Crippen LogP contribution >= 0.6 is 11.6 Å². The van der Waals surface area contributed by atoms with Gasteiger partial charge in [-0.3, -0.25) is 19.9 Å². The van der Waals surface area contributed by atoms with E-state index in [1.54, 1.807) is 24.4 Å². The summed E-state index contributed by atoms with van der Waals surface area (Å²) < 4.78 is 19.6. The van der Waals surface area contributed by atoms with Gasteiger partial charge in [0, 0.05) is 62.8 Å². The third kappa shape index (κ3) is 7.90. The van der Waals surface area contributed by atoms with Crippen LogP contribution in [0.25, 0.3) is 10.8 Å². The van der Waals surface area contributed by atoms with Crippen molar-refractivity contribution in [3.05, 3.63) is 71.1 Å². The lowest BCUT2D eigenvalue weighted by atomic mass is 10.1. The third-order valence-corrected chi connectivity index (χ3v) is 7.85. The van der Waals surface area contributed by atoms with Crippen LogP contribution < -0.4 is 5.32 Å². The van der Waals surface area contributed by atoms with E-state index in [-0.39, 0.29) is 23.6 Å². The highest BCUT2D eigenvalue weighted by Gasteiger charge is 2.25. The number of hydrogen-bond donors (Lipinski definition) is 1. The van der Waals surface area contributed by atoms with Crippen molar-refractivity contribution in [2.45, 2.75) is 45.3 Å². The Morgan fingerprint density at radius 2 is 1.82 bits per heavy atom. The van der Waals surface area contributed by atoms with Crippen molar-refractivity contribution < 1.29 is 18.7 Å². The number of piperazine rings is 1. The molecule has 1 saturated heterocycles. The smallest absolute Gasteiger partial charge is 0.412 e. The Kier molecular flexibility index (Phi) is 10.3. The van der Waals surface area contributed by atoms with E-state index in [0.717, 1.165) is 23.9 Å². The van der Waals surface area contributed by atoms with Gasteiger partial charge in [0.2, 0.25) is 5.91 Å². The van der Waals surface area contributed by atoms with Crippen LogP contribution in [-0.2, 0) is 16.1 Å². The molecule has 3 aromatic rings. The second kappa shape index (κ2) is 13.9. The van der Waals surface area contributed by atoms with Gasteiger partial charge >= 0.3 is 6.09 Å². The van der Waals surface area contributed by atoms with Gasteiger partial charge in [0.1, 0.15) is 18.2 Å². The summed E-state index contributed by atoms with van der Waals surface area (Å²) in [6.07, 6.45) is 1.83. The number of nitrogens with one attached hydrogen (secondary N) is 1. The van der Waals surface area contributed by atoms with Crippen molar-refractivity contribution in [2.75, 3.05) is 45.2 Å². The number of fused-ring (bicyclic) bond motifs is 1. The number of benzene rings is 2. The number of amides is 2. The second-order valence-electron chi connectivity index (χ2n) is 10.5. The molecule has 0 unspecified atom stereocenters. The lowest BCUT2D eigenvalue weighted by Gasteiger charge is -2.37. The zero-order chi connectivity index (χ0) is 28.6. The van der Waals surface area contributed by atoms with Crippen molar-refractivity contribution in [1.82, 2.24) is 19.7 Å². The van der Waals surface area contributed by atoms with Crippen molar-refractivity contribution in [2.24, 2.45) is 0 Å². The molecule has 0 aliphatic carbocycles. The second-order valence-corrected chi connectivity index (χ2v) is 10.8. The number of hydrogen-bond acceptors (Lipinski definition) is 6. The first-order chi connectivity index (χ1) is 19.2. The number of carbonyl (C=O) groups is 2. The summed E-state index contributed by atoms with van der Waals surface area (Å²) in [5, 5.41) is 4.66. The lowest BCUT2D eigenvalue weighted by Crippen LogP contribution is -2.51. The average molecular weight is 570 g/mol. The molecular weight excluding hydrogens is 533 g/mol. The molecule has 0 bridgehead atoms. The Hall–Kier alpha value is -3.27. The van der Waals surface area contributed by atoms with Gasteiger partial charge in [0.25, 0.3) is 0 Å². The number of nitrogens with zero attached hydrogens (tertiary/aromatic N) is 4. The lowest BCUT2D eigenvalue weighted by molar-refractivity contribution is -0.133. The highest BCUT2D eigenvalue weighted by Crippen LogP contribution is 2.23. The van der Waals surface area contributed by atoms with Crippen molar-refractivity contribution in [1.29, 1.82) is 0 Å². The molecule has 1 fully saturated rings. The standard InChI is InChI=1S/C30H37ClFN5O3/c1-21(2)36-13-15-37(16-14-36)28(38)12-11-25(35(3)19-24-9-6-10-26(32)29(24)31)20-40-30(39)34-27-17-22-7-4-5-8-23(22)18-33-27/h4-10,17-18,21,25H,11-16,19-20H2,1-3H3,(H,33,34,39)/t25-/m0/s1. The number of pyridine rings is 1. The number of rotatable bonds is 10. The predicted molar refractivity (Wildman–Crippen MR) is 156 cm³/mol. The fourth-order valence-electron chi connectivity index (χ4n) is 4.90. The number of likely N-dealkylation sites (N-methyl/N-ethyl adjacent to an activating group) is 1. The van der Waals surface area contributed by atoms with Crippen molar-refractivity contribution >= 4 is 40.2 Å². The SMILES string of the molecule is CC(C)N1CCN(C(=O)CC[C@@H](COC(=O)Nc2cc3ccccc3cn2)N(C)Cc2cccc(F)c2Cl)CC1. The van der Waals surface area contributed by atoms with Crippen LogP contribution in [0.4, 0.5) is 15.0 Å². The molecule has 2 amide bonds. The summed E-state index contributed by atoms with van der Waals surface area (Å²) in [5.41, 5.74) is 0.620. The summed E-state index contributed by atoms with van der Waals surface area (Å²) in [6.45, 7) is 7.82. The largest absolute Gasteiger partial charge is 0.448 e. The molecule has 0 radical (unpaired) electrons. The van der Waals surface area contributed by atoms with Crippen molar-refractivity contribution in [3.8, 4) is 0 Å². The third-order valence-electron chi connectivity index (χ3n) is 7.43. The van der Waals surface area contributed by atoms with Gasteiger partial charge in [0.05, 0.1) is 5.02 Å². The molecule has 40 heavy (non-hydrogen) atoms. The molecular formula is C30H37ClFN5O3. The molecule has 1 atom stereocenters. The number of ether oxygens (including phenoxy) is 1. The minimum absolute atomic E-state index is 0.0389. The molecule has 8 nitrogen and oxygen atoms in total. The minimum Gasteiger partial charge on any atom is -0.448 e. The first-order valence-corrected chi connectivity index (χ1v) is 14.0. The van der Waals surface area contributed by atoms with Crippen LogP contribution in [0.2, 0.25) is 5.02 Å².